The van der Waals surface area contributed by atoms with E-state index < -0.39 is 42.4 Å². The van der Waals surface area contributed by atoms with Crippen LogP contribution in [0.3, 0.4) is 0 Å². The SMILES string of the molecule is CCCC(=O)c1cc(-c2ccc(N)c(OC)c2)cc(C(=O)CCC)n1.CCNC(=O)c1cc(Br)cc(C(=O)NCC)n1.Cc1cc(B2OC(C)(C)C(C)(C)O2)ccc1N.O=S(=O)=O.O=S(=O)=O.O=S(=O)=O.O=S(=O)=O. The number of Topliss-reactive ketones (excluding diaryl/α,β-unsaturated/α-hetero) is 2. The first-order chi connectivity index (χ1) is 34.7. The monoisotopic (exact) mass is 1190 g/mol. The van der Waals surface area contributed by atoms with E-state index in [0.29, 0.717) is 53.2 Å². The molecular formula is C44H58BBrN6O19S4. The molecule has 75 heavy (non-hydrogen) atoms. The Labute approximate surface area is 448 Å². The number of carbonyl (C=O) groups is 4. The number of benzene rings is 2. The number of nitrogens with zero attached hydrogens (tertiary/aromatic N) is 2. The molecule has 25 nitrogen and oxygen atoms in total. The third kappa shape index (κ3) is 28.6. The number of rotatable bonds is 13. The molecule has 0 spiro atoms. The van der Waals surface area contributed by atoms with E-state index in [2.05, 4.69) is 64.2 Å². The predicted octanol–water partition coefficient (Wildman–Crippen LogP) is 3.51. The van der Waals surface area contributed by atoms with E-state index >= 15 is 0 Å². The number of pyridine rings is 2. The maximum absolute atomic E-state index is 12.3. The van der Waals surface area contributed by atoms with Gasteiger partial charge in [0.25, 0.3) is 11.8 Å². The Morgan fingerprint density at radius 3 is 1.31 bits per heavy atom. The molecule has 3 heterocycles. The van der Waals surface area contributed by atoms with E-state index in [0.717, 1.165) is 40.7 Å². The van der Waals surface area contributed by atoms with Gasteiger partial charge < -0.3 is 36.1 Å². The van der Waals surface area contributed by atoms with Crippen LogP contribution in [0.4, 0.5) is 11.4 Å². The van der Waals surface area contributed by atoms with Crippen molar-refractivity contribution in [2.24, 2.45) is 0 Å². The van der Waals surface area contributed by atoms with Crippen LogP contribution in [0.15, 0.2) is 65.1 Å². The summed E-state index contributed by atoms with van der Waals surface area (Å²) in [6.07, 6.45) is 2.28. The van der Waals surface area contributed by atoms with E-state index in [1.165, 1.54) is 0 Å². The highest BCUT2D eigenvalue weighted by atomic mass is 79.9. The average Bonchev–Trinajstić information content (AvgIpc) is 3.52. The third-order valence-electron chi connectivity index (χ3n) is 9.67. The summed E-state index contributed by atoms with van der Waals surface area (Å²) in [5.74, 6) is -0.148. The number of anilines is 2. The van der Waals surface area contributed by atoms with E-state index in [-0.39, 0.29) is 53.1 Å². The molecule has 1 fully saturated rings. The number of hydrogen-bond donors (Lipinski definition) is 4. The normalized spacial score (nSPS) is 12.0. The number of nitrogens with two attached hydrogens (primary N) is 2. The van der Waals surface area contributed by atoms with Crippen LogP contribution in [0, 0.1) is 6.92 Å². The second-order valence-electron chi connectivity index (χ2n) is 15.7. The van der Waals surface area contributed by atoms with Gasteiger partial charge in [-0.3, -0.25) is 19.2 Å². The molecular weight excluding hydrogens is 1140 g/mol. The van der Waals surface area contributed by atoms with Crippen molar-refractivity contribution in [1.82, 2.24) is 20.6 Å². The zero-order chi connectivity index (χ0) is 58.4. The Kier molecular flexibility index (Phi) is 33.4. The second kappa shape index (κ2) is 35.5. The van der Waals surface area contributed by atoms with E-state index in [1.807, 2.05) is 58.9 Å². The van der Waals surface area contributed by atoms with Gasteiger partial charge in [-0.2, -0.15) is 0 Å². The summed E-state index contributed by atoms with van der Waals surface area (Å²) in [7, 11) is -11.2. The lowest BCUT2D eigenvalue weighted by Gasteiger charge is -2.32. The van der Waals surface area contributed by atoms with E-state index in [9.17, 15) is 19.2 Å². The molecule has 5 rings (SSSR count). The molecule has 0 radical (unpaired) electrons. The number of hydrogen-bond acceptors (Lipinski definition) is 23. The molecule has 6 N–H and O–H groups in total. The maximum atomic E-state index is 12.3. The zero-order valence-electron chi connectivity index (χ0n) is 42.4. The summed E-state index contributed by atoms with van der Waals surface area (Å²) >= 11 is 3.25. The highest BCUT2D eigenvalue weighted by molar-refractivity contribution is 9.10. The number of nitrogens with one attached hydrogen (secondary N) is 2. The molecule has 2 aromatic heterocycles. The number of aromatic nitrogens is 2. The number of ketones is 2. The van der Waals surface area contributed by atoms with Crippen molar-refractivity contribution in [3.05, 3.63) is 93.5 Å². The lowest BCUT2D eigenvalue weighted by molar-refractivity contribution is 0.00578. The van der Waals surface area contributed by atoms with Crippen LogP contribution in [0.2, 0.25) is 0 Å². The molecule has 0 atom stereocenters. The van der Waals surface area contributed by atoms with Crippen LogP contribution < -0.4 is 32.3 Å². The van der Waals surface area contributed by atoms with Crippen molar-refractivity contribution in [2.45, 2.75) is 99.2 Å². The molecule has 412 valence electrons. The summed E-state index contributed by atoms with van der Waals surface area (Å²) in [4.78, 5) is 56.2. The number of aryl methyl sites for hydroxylation is 1. The second-order valence-corrected chi connectivity index (χ2v) is 18.3. The predicted molar refractivity (Wildman–Crippen MR) is 277 cm³/mol. The van der Waals surface area contributed by atoms with Gasteiger partial charge in [0.1, 0.15) is 28.5 Å². The van der Waals surface area contributed by atoms with E-state index in [1.54, 1.807) is 43.5 Å². The van der Waals surface area contributed by atoms with Crippen LogP contribution in [0.25, 0.3) is 11.1 Å². The summed E-state index contributed by atoms with van der Waals surface area (Å²) in [5, 5.41) is 5.27. The molecule has 4 aromatic rings. The molecule has 0 unspecified atom stereocenters. The molecule has 1 aliphatic heterocycles. The minimum absolute atomic E-state index is 0.0580. The largest absolute Gasteiger partial charge is 0.495 e. The Balaban J connectivity index is 0. The van der Waals surface area contributed by atoms with Gasteiger partial charge in [0.05, 0.1) is 24.0 Å². The molecule has 2 aromatic carbocycles. The number of nitrogen functional groups attached to an aromatic ring is 2. The van der Waals surface area contributed by atoms with Crippen LogP contribution >= 0.6 is 15.9 Å². The Morgan fingerprint density at radius 2 is 0.960 bits per heavy atom. The molecule has 0 bridgehead atoms. The van der Waals surface area contributed by atoms with Gasteiger partial charge in [0.2, 0.25) is 0 Å². The van der Waals surface area contributed by atoms with Crippen LogP contribution in [0.5, 0.6) is 5.75 Å². The average molecular weight is 1190 g/mol. The Bertz CT molecular complexity index is 2850. The number of halogens is 1. The van der Waals surface area contributed by atoms with Gasteiger partial charge in [-0.1, -0.05) is 48.0 Å². The topological polar surface area (TPSA) is 403 Å². The minimum atomic E-state index is -3.11. The van der Waals surface area contributed by atoms with Crippen LogP contribution in [-0.2, 0) is 51.7 Å². The van der Waals surface area contributed by atoms with Crippen molar-refractivity contribution in [3.63, 3.8) is 0 Å². The molecule has 31 heteroatoms. The fourth-order valence-corrected chi connectivity index (χ4v) is 6.07. The number of amides is 2. The highest BCUT2D eigenvalue weighted by Gasteiger charge is 2.51. The number of carbonyl (C=O) groups excluding carboxylic acids is 4. The third-order valence-corrected chi connectivity index (χ3v) is 10.1. The smallest absolute Gasteiger partial charge is 0.494 e. The summed E-state index contributed by atoms with van der Waals surface area (Å²) in [6.45, 7) is 18.8. The van der Waals surface area contributed by atoms with Crippen molar-refractivity contribution < 1.29 is 83.7 Å². The molecule has 1 saturated heterocycles. The summed E-state index contributed by atoms with van der Waals surface area (Å²) in [6, 6.07) is 17.9. The first-order valence-corrected chi connectivity index (χ1v) is 26.6. The van der Waals surface area contributed by atoms with Gasteiger partial charge >= 0.3 is 49.6 Å². The Hall–Kier alpha value is -6.64. The summed E-state index contributed by atoms with van der Waals surface area (Å²) < 4.78 is 119. The summed E-state index contributed by atoms with van der Waals surface area (Å²) in [5.41, 5.74) is 17.2. The van der Waals surface area contributed by atoms with Gasteiger partial charge in [-0.25, -0.2) is 9.97 Å². The first kappa shape index (κ1) is 70.4. The van der Waals surface area contributed by atoms with Crippen molar-refractivity contribution >= 4 is 106 Å². The molecule has 0 aliphatic carbocycles. The lowest BCUT2D eigenvalue weighted by Crippen LogP contribution is -2.41. The number of methoxy groups -OCH3 is 1. The number of ether oxygens (including phenoxy) is 1. The van der Waals surface area contributed by atoms with Crippen molar-refractivity contribution in [3.8, 4) is 16.9 Å². The fraction of sp³-hybridized carbons (Fsp3) is 0.409. The van der Waals surface area contributed by atoms with Gasteiger partial charge in [-0.05, 0) is 126 Å². The van der Waals surface area contributed by atoms with Gasteiger partial charge in [-0.15, -0.1) is 50.5 Å². The maximum Gasteiger partial charge on any atom is 0.494 e. The molecule has 0 saturated carbocycles. The van der Waals surface area contributed by atoms with Crippen LogP contribution in [0.1, 0.15) is 129 Å². The quantitative estimate of drug-likeness (QED) is 0.0845. The van der Waals surface area contributed by atoms with Gasteiger partial charge in [0.15, 0.2) is 11.6 Å². The van der Waals surface area contributed by atoms with Crippen molar-refractivity contribution in [2.75, 3.05) is 31.7 Å². The lowest BCUT2D eigenvalue weighted by atomic mass is 9.78. The van der Waals surface area contributed by atoms with Crippen LogP contribution in [-0.4, -0.2) is 122 Å². The minimum Gasteiger partial charge on any atom is -0.495 e. The first-order valence-electron chi connectivity index (χ1n) is 21.8. The van der Waals surface area contributed by atoms with Crippen molar-refractivity contribution in [1.29, 1.82) is 0 Å². The molecule has 1 aliphatic rings. The molecule has 2 amide bonds. The standard InChI is InChI=1S/C20H24N2O3.C13H20BNO2.C11H14BrN3O2.4O3S/c1-4-6-18(23)16-10-14(11-17(22-16)19(24)7-5-2)13-8-9-15(21)20(12-13)25-3;1-9-8-10(6-7-11(9)15)14-16-12(2,3)13(4,5)17-14;1-3-13-10(16)8-5-7(12)6-9(15-8)11(17)14-4-2;4*1-4(2)3/h8-12H,4-7,21H2,1-3H3;6-8H,15H2,1-5H3;5-6H,3-4H2,1-2H3,(H,13,16)(H,14,17);;;;. The Morgan fingerprint density at radius 1 is 0.587 bits per heavy atom. The fourth-order valence-electron chi connectivity index (χ4n) is 5.64. The van der Waals surface area contributed by atoms with E-state index in [4.69, 9.17) is 76.0 Å². The highest BCUT2D eigenvalue weighted by Crippen LogP contribution is 2.36. The van der Waals surface area contributed by atoms with Gasteiger partial charge in [0, 0.05) is 36.1 Å². The zero-order valence-corrected chi connectivity index (χ0v) is 47.3.